The number of piperidine rings is 1. The van der Waals surface area contributed by atoms with E-state index in [0.29, 0.717) is 12.1 Å². The van der Waals surface area contributed by atoms with Crippen LogP contribution in [0.3, 0.4) is 0 Å². The van der Waals surface area contributed by atoms with E-state index in [4.69, 9.17) is 0 Å². The first-order valence-electron chi connectivity index (χ1n) is 6.30. The monoisotopic (exact) mass is 258 g/mol. The molecule has 0 spiro atoms. The first-order valence-corrected chi connectivity index (χ1v) is 6.30. The number of hydrogen-bond donors (Lipinski definition) is 1. The topological polar surface area (TPSA) is 66.5 Å². The standard InChI is InChI=1S/C14H14N2O3/c1-8-6-11(17)15-13(18)12(8)16-7-9-4-2-3-5-10(9)14(16)19/h2-5,8,12H,6-7H2,1H3,(H,15,17,18)/t8-,12+/m0/s1. The summed E-state index contributed by atoms with van der Waals surface area (Å²) in [5, 5.41) is 2.31. The summed E-state index contributed by atoms with van der Waals surface area (Å²) >= 11 is 0. The second-order valence-electron chi connectivity index (χ2n) is 5.13. The van der Waals surface area contributed by atoms with Crippen molar-refractivity contribution in [2.24, 2.45) is 5.92 Å². The summed E-state index contributed by atoms with van der Waals surface area (Å²) in [6, 6.07) is 6.80. The van der Waals surface area contributed by atoms with E-state index in [2.05, 4.69) is 5.32 Å². The zero-order valence-electron chi connectivity index (χ0n) is 10.6. The van der Waals surface area contributed by atoms with Crippen LogP contribution in [0.4, 0.5) is 0 Å². The Labute approximate surface area is 110 Å². The van der Waals surface area contributed by atoms with Gasteiger partial charge in [-0.25, -0.2) is 0 Å². The van der Waals surface area contributed by atoms with Crippen LogP contribution in [0.15, 0.2) is 24.3 Å². The van der Waals surface area contributed by atoms with E-state index in [9.17, 15) is 14.4 Å². The highest BCUT2D eigenvalue weighted by atomic mass is 16.2. The van der Waals surface area contributed by atoms with E-state index in [1.165, 1.54) is 0 Å². The van der Waals surface area contributed by atoms with Crippen LogP contribution < -0.4 is 5.32 Å². The second kappa shape index (κ2) is 4.19. The number of carbonyl (C=O) groups is 3. The normalized spacial score (nSPS) is 26.4. The lowest BCUT2D eigenvalue weighted by molar-refractivity contribution is -0.139. The molecular formula is C14H14N2O3. The average Bonchev–Trinajstić information content (AvgIpc) is 2.66. The van der Waals surface area contributed by atoms with E-state index in [1.54, 1.807) is 11.0 Å². The largest absolute Gasteiger partial charge is 0.322 e. The van der Waals surface area contributed by atoms with Gasteiger partial charge in [0.05, 0.1) is 0 Å². The number of amides is 3. The number of benzene rings is 1. The molecule has 2 aliphatic rings. The van der Waals surface area contributed by atoms with Crippen molar-refractivity contribution in [2.75, 3.05) is 0 Å². The molecule has 1 fully saturated rings. The Balaban J connectivity index is 1.91. The highest BCUT2D eigenvalue weighted by Crippen LogP contribution is 2.29. The minimum atomic E-state index is -0.558. The number of imide groups is 1. The van der Waals surface area contributed by atoms with Gasteiger partial charge >= 0.3 is 0 Å². The highest BCUT2D eigenvalue weighted by Gasteiger charge is 2.42. The number of fused-ring (bicyclic) bond motifs is 1. The molecule has 5 nitrogen and oxygen atoms in total. The summed E-state index contributed by atoms with van der Waals surface area (Å²) in [5.41, 5.74) is 1.59. The van der Waals surface area contributed by atoms with Crippen molar-refractivity contribution < 1.29 is 14.4 Å². The summed E-state index contributed by atoms with van der Waals surface area (Å²) in [6.07, 6.45) is 0.274. The van der Waals surface area contributed by atoms with Crippen LogP contribution >= 0.6 is 0 Å². The maximum absolute atomic E-state index is 12.3. The fraction of sp³-hybridized carbons (Fsp3) is 0.357. The molecule has 2 heterocycles. The molecule has 3 rings (SSSR count). The average molecular weight is 258 g/mol. The van der Waals surface area contributed by atoms with Crippen LogP contribution in [0.1, 0.15) is 29.3 Å². The lowest BCUT2D eigenvalue weighted by Crippen LogP contribution is -2.56. The molecular weight excluding hydrogens is 244 g/mol. The Kier molecular flexibility index (Phi) is 2.62. The molecule has 0 radical (unpaired) electrons. The molecule has 5 heteroatoms. The van der Waals surface area contributed by atoms with Crippen LogP contribution in [0, 0.1) is 5.92 Å². The van der Waals surface area contributed by atoms with Crippen LogP contribution in [0.25, 0.3) is 0 Å². The Morgan fingerprint density at radius 2 is 1.95 bits per heavy atom. The quantitative estimate of drug-likeness (QED) is 0.754. The first-order chi connectivity index (χ1) is 9.08. The van der Waals surface area contributed by atoms with Crippen molar-refractivity contribution in [1.29, 1.82) is 0 Å². The van der Waals surface area contributed by atoms with E-state index >= 15 is 0 Å². The van der Waals surface area contributed by atoms with Crippen molar-refractivity contribution >= 4 is 17.7 Å². The van der Waals surface area contributed by atoms with Crippen LogP contribution in [0.5, 0.6) is 0 Å². The SMILES string of the molecule is C[C@H]1CC(=O)NC(=O)[C@@H]1N1Cc2ccccc2C1=O. The van der Waals surface area contributed by atoms with E-state index in [0.717, 1.165) is 5.56 Å². The lowest BCUT2D eigenvalue weighted by atomic mass is 9.92. The minimum Gasteiger partial charge on any atom is -0.322 e. The number of carbonyl (C=O) groups excluding carboxylic acids is 3. The number of hydrogen-bond acceptors (Lipinski definition) is 3. The zero-order valence-corrected chi connectivity index (χ0v) is 10.6. The molecule has 1 N–H and O–H groups in total. The molecule has 2 atom stereocenters. The maximum Gasteiger partial charge on any atom is 0.255 e. The number of nitrogens with one attached hydrogen (secondary N) is 1. The minimum absolute atomic E-state index is 0.128. The molecule has 0 aliphatic carbocycles. The van der Waals surface area contributed by atoms with Crippen molar-refractivity contribution in [1.82, 2.24) is 10.2 Å². The zero-order chi connectivity index (χ0) is 13.6. The maximum atomic E-state index is 12.3. The molecule has 0 saturated carbocycles. The van der Waals surface area contributed by atoms with Gasteiger partial charge in [-0.1, -0.05) is 25.1 Å². The summed E-state index contributed by atoms with van der Waals surface area (Å²) in [4.78, 5) is 37.2. The van der Waals surface area contributed by atoms with Crippen LogP contribution in [0.2, 0.25) is 0 Å². The third kappa shape index (κ3) is 1.82. The van der Waals surface area contributed by atoms with Gasteiger partial charge in [-0.2, -0.15) is 0 Å². The molecule has 0 aromatic heterocycles. The van der Waals surface area contributed by atoms with E-state index < -0.39 is 6.04 Å². The molecule has 1 aromatic rings. The van der Waals surface area contributed by atoms with Gasteiger partial charge in [-0.3, -0.25) is 19.7 Å². The van der Waals surface area contributed by atoms with Crippen molar-refractivity contribution in [3.63, 3.8) is 0 Å². The van der Waals surface area contributed by atoms with Crippen LogP contribution in [-0.4, -0.2) is 28.7 Å². The third-order valence-corrected chi connectivity index (χ3v) is 3.76. The lowest BCUT2D eigenvalue weighted by Gasteiger charge is -2.34. The smallest absolute Gasteiger partial charge is 0.255 e. The molecule has 0 bridgehead atoms. The van der Waals surface area contributed by atoms with Gasteiger partial charge in [0.2, 0.25) is 11.8 Å². The summed E-state index contributed by atoms with van der Waals surface area (Å²) in [6.45, 7) is 2.27. The van der Waals surface area contributed by atoms with Crippen molar-refractivity contribution in [2.45, 2.75) is 25.9 Å². The number of nitrogens with zero attached hydrogens (tertiary/aromatic N) is 1. The van der Waals surface area contributed by atoms with Gasteiger partial charge < -0.3 is 4.90 Å². The van der Waals surface area contributed by atoms with Gasteiger partial charge in [0.1, 0.15) is 6.04 Å². The molecule has 2 aliphatic heterocycles. The van der Waals surface area contributed by atoms with E-state index in [1.807, 2.05) is 25.1 Å². The number of rotatable bonds is 1. The van der Waals surface area contributed by atoms with E-state index in [-0.39, 0.29) is 30.1 Å². The highest BCUT2D eigenvalue weighted by molar-refractivity contribution is 6.05. The van der Waals surface area contributed by atoms with Crippen molar-refractivity contribution in [3.8, 4) is 0 Å². The molecule has 19 heavy (non-hydrogen) atoms. The van der Waals surface area contributed by atoms with Crippen LogP contribution in [-0.2, 0) is 16.1 Å². The van der Waals surface area contributed by atoms with Gasteiger partial charge in [0.15, 0.2) is 0 Å². The Morgan fingerprint density at radius 1 is 1.21 bits per heavy atom. The van der Waals surface area contributed by atoms with Gasteiger partial charge in [-0.05, 0) is 17.5 Å². The van der Waals surface area contributed by atoms with Gasteiger partial charge in [0.25, 0.3) is 5.91 Å². The second-order valence-corrected chi connectivity index (χ2v) is 5.13. The fourth-order valence-electron chi connectivity index (χ4n) is 2.88. The Hall–Kier alpha value is -2.17. The molecule has 1 saturated heterocycles. The Morgan fingerprint density at radius 3 is 2.63 bits per heavy atom. The fourth-order valence-corrected chi connectivity index (χ4v) is 2.88. The summed E-state index contributed by atoms with van der Waals surface area (Å²) in [7, 11) is 0. The summed E-state index contributed by atoms with van der Waals surface area (Å²) < 4.78 is 0. The molecule has 98 valence electrons. The first kappa shape index (κ1) is 11.9. The van der Waals surface area contributed by atoms with Crippen molar-refractivity contribution in [3.05, 3.63) is 35.4 Å². The summed E-state index contributed by atoms with van der Waals surface area (Å²) in [5.74, 6) is -0.917. The third-order valence-electron chi connectivity index (χ3n) is 3.76. The molecule has 1 aromatic carbocycles. The Bertz CT molecular complexity index is 582. The molecule has 3 amide bonds. The van der Waals surface area contributed by atoms with Gasteiger partial charge in [0, 0.05) is 18.5 Å². The molecule has 0 unspecified atom stereocenters. The predicted molar refractivity (Wildman–Crippen MR) is 67.0 cm³/mol. The predicted octanol–water partition coefficient (Wildman–Crippen LogP) is 0.694. The van der Waals surface area contributed by atoms with Gasteiger partial charge in [-0.15, -0.1) is 0 Å².